The number of thiophene rings is 1. The van der Waals surface area contributed by atoms with Crippen molar-refractivity contribution in [1.29, 1.82) is 0 Å². The van der Waals surface area contributed by atoms with E-state index in [1.54, 1.807) is 5.38 Å². The molecule has 2 rings (SSSR count). The Balaban J connectivity index is 1.92. The molecule has 0 saturated carbocycles. The highest BCUT2D eigenvalue weighted by Crippen LogP contribution is 2.29. The minimum absolute atomic E-state index is 0.138. The summed E-state index contributed by atoms with van der Waals surface area (Å²) in [6, 6.07) is 5.62. The van der Waals surface area contributed by atoms with Crippen LogP contribution in [0.3, 0.4) is 0 Å². The molecule has 0 spiro atoms. The largest absolute Gasteiger partial charge is 0.449 e. The van der Waals surface area contributed by atoms with Gasteiger partial charge in [0.05, 0.1) is 11.1 Å². The number of benzene rings is 1. The van der Waals surface area contributed by atoms with Crippen LogP contribution < -0.4 is 11.1 Å². The second kappa shape index (κ2) is 8.70. The van der Waals surface area contributed by atoms with Crippen LogP contribution in [-0.4, -0.2) is 23.9 Å². The Morgan fingerprint density at radius 3 is 2.39 bits per heavy atom. The molecule has 0 aliphatic rings. The van der Waals surface area contributed by atoms with Crippen LogP contribution in [0.25, 0.3) is 6.08 Å². The number of nitrogens with two attached hydrogens (primary N) is 1. The van der Waals surface area contributed by atoms with Crippen LogP contribution in [-0.2, 0) is 20.5 Å². The normalized spacial score (nSPS) is 12.6. The molecule has 0 aliphatic heterocycles. The number of esters is 1. The Bertz CT molecular complexity index is 904. The number of nitrogens with one attached hydrogen (secondary N) is 1. The van der Waals surface area contributed by atoms with Crippen LogP contribution in [0.15, 0.2) is 41.8 Å². The highest BCUT2D eigenvalue weighted by molar-refractivity contribution is 7.14. The molecule has 1 aromatic carbocycles. The zero-order valence-electron chi connectivity index (χ0n) is 14.4. The molecule has 6 nitrogen and oxygen atoms in total. The van der Waals surface area contributed by atoms with Crippen molar-refractivity contribution in [3.05, 3.63) is 58.5 Å². The fraction of sp³-hybridized carbons (Fsp3) is 0.167. The Hall–Kier alpha value is -3.14. The van der Waals surface area contributed by atoms with Gasteiger partial charge in [0.2, 0.25) is 0 Å². The minimum Gasteiger partial charge on any atom is -0.449 e. The van der Waals surface area contributed by atoms with Crippen LogP contribution in [0.2, 0.25) is 0 Å². The second-order valence-electron chi connectivity index (χ2n) is 5.55. The van der Waals surface area contributed by atoms with Crippen molar-refractivity contribution in [1.82, 2.24) is 0 Å². The van der Waals surface area contributed by atoms with Crippen molar-refractivity contribution in [2.45, 2.75) is 19.2 Å². The van der Waals surface area contributed by atoms with Gasteiger partial charge in [-0.3, -0.25) is 9.59 Å². The molecule has 0 bridgehead atoms. The van der Waals surface area contributed by atoms with E-state index in [9.17, 15) is 27.6 Å². The fourth-order valence-electron chi connectivity index (χ4n) is 2.03. The molecule has 2 amide bonds. The summed E-state index contributed by atoms with van der Waals surface area (Å²) < 4.78 is 42.4. The number of alkyl halides is 3. The van der Waals surface area contributed by atoms with Crippen molar-refractivity contribution in [3.8, 4) is 0 Å². The first-order valence-electron chi connectivity index (χ1n) is 7.82. The van der Waals surface area contributed by atoms with Crippen LogP contribution >= 0.6 is 11.3 Å². The Labute approximate surface area is 161 Å². The van der Waals surface area contributed by atoms with E-state index in [2.05, 4.69) is 5.32 Å². The molecule has 3 N–H and O–H groups in total. The molecule has 1 unspecified atom stereocenters. The maximum atomic E-state index is 12.5. The highest BCUT2D eigenvalue weighted by atomic mass is 32.1. The Morgan fingerprint density at radius 2 is 1.82 bits per heavy atom. The minimum atomic E-state index is -4.44. The molecular formula is C18H15F3N2O4S. The van der Waals surface area contributed by atoms with E-state index >= 15 is 0 Å². The number of amides is 2. The monoisotopic (exact) mass is 412 g/mol. The first kappa shape index (κ1) is 21.2. The molecule has 0 fully saturated rings. The topological polar surface area (TPSA) is 98.5 Å². The number of carbonyl (C=O) groups excluding carboxylic acids is 3. The van der Waals surface area contributed by atoms with Gasteiger partial charge in [0.15, 0.2) is 6.10 Å². The van der Waals surface area contributed by atoms with Gasteiger partial charge < -0.3 is 15.8 Å². The molecular weight excluding hydrogens is 397 g/mol. The van der Waals surface area contributed by atoms with Gasteiger partial charge in [0.25, 0.3) is 11.8 Å². The van der Waals surface area contributed by atoms with Crippen molar-refractivity contribution >= 4 is 40.2 Å². The third kappa shape index (κ3) is 5.68. The molecule has 0 saturated heterocycles. The number of ether oxygens (including phenoxy) is 1. The van der Waals surface area contributed by atoms with Gasteiger partial charge in [-0.1, -0.05) is 12.1 Å². The third-order valence-corrected chi connectivity index (χ3v) is 4.31. The van der Waals surface area contributed by atoms with Crippen LogP contribution in [0, 0.1) is 0 Å². The van der Waals surface area contributed by atoms with Crippen molar-refractivity contribution in [2.24, 2.45) is 5.73 Å². The number of carbonyl (C=O) groups is 3. The Kier molecular flexibility index (Phi) is 6.57. The lowest BCUT2D eigenvalue weighted by Gasteiger charge is -2.12. The molecule has 0 aliphatic carbocycles. The van der Waals surface area contributed by atoms with Gasteiger partial charge in [-0.25, -0.2) is 4.79 Å². The van der Waals surface area contributed by atoms with Gasteiger partial charge in [-0.15, -0.1) is 11.3 Å². The SMILES string of the molecule is CC(OC(=O)/C=C/c1ccc(C(F)(F)F)cc1)C(=O)Nc1sccc1C(N)=O. The average Bonchev–Trinajstić information content (AvgIpc) is 3.08. The fourth-order valence-corrected chi connectivity index (χ4v) is 2.82. The molecule has 1 heterocycles. The number of primary amides is 1. The van der Waals surface area contributed by atoms with Crippen molar-refractivity contribution < 1.29 is 32.3 Å². The summed E-state index contributed by atoms with van der Waals surface area (Å²) in [6.07, 6.45) is -3.36. The second-order valence-corrected chi connectivity index (χ2v) is 6.47. The summed E-state index contributed by atoms with van der Waals surface area (Å²) in [5.41, 5.74) is 4.87. The van der Waals surface area contributed by atoms with E-state index in [0.29, 0.717) is 5.56 Å². The zero-order chi connectivity index (χ0) is 20.9. The van der Waals surface area contributed by atoms with E-state index < -0.39 is 35.6 Å². The van der Waals surface area contributed by atoms with Gasteiger partial charge in [-0.05, 0) is 42.1 Å². The smallest absolute Gasteiger partial charge is 0.416 e. The summed E-state index contributed by atoms with van der Waals surface area (Å²) in [4.78, 5) is 35.1. The summed E-state index contributed by atoms with van der Waals surface area (Å²) in [6.45, 7) is 1.33. The molecule has 148 valence electrons. The van der Waals surface area contributed by atoms with Crippen molar-refractivity contribution in [2.75, 3.05) is 5.32 Å². The lowest BCUT2D eigenvalue weighted by Crippen LogP contribution is -2.29. The van der Waals surface area contributed by atoms with E-state index in [4.69, 9.17) is 10.5 Å². The van der Waals surface area contributed by atoms with E-state index in [-0.39, 0.29) is 10.6 Å². The third-order valence-electron chi connectivity index (χ3n) is 3.48. The molecule has 1 aromatic heterocycles. The van der Waals surface area contributed by atoms with Crippen LogP contribution in [0.4, 0.5) is 18.2 Å². The van der Waals surface area contributed by atoms with Gasteiger partial charge in [0, 0.05) is 6.08 Å². The van der Waals surface area contributed by atoms with E-state index in [1.807, 2.05) is 0 Å². The first-order chi connectivity index (χ1) is 13.1. The molecule has 28 heavy (non-hydrogen) atoms. The quantitative estimate of drug-likeness (QED) is 0.561. The zero-order valence-corrected chi connectivity index (χ0v) is 15.3. The van der Waals surface area contributed by atoms with Gasteiger partial charge in [0.1, 0.15) is 5.00 Å². The average molecular weight is 412 g/mol. The summed E-state index contributed by atoms with van der Waals surface area (Å²) in [5.74, 6) is -2.23. The highest BCUT2D eigenvalue weighted by Gasteiger charge is 2.29. The number of hydrogen-bond donors (Lipinski definition) is 2. The molecule has 1 atom stereocenters. The van der Waals surface area contributed by atoms with Crippen LogP contribution in [0.1, 0.15) is 28.4 Å². The summed E-state index contributed by atoms with van der Waals surface area (Å²) in [5, 5.41) is 4.25. The lowest BCUT2D eigenvalue weighted by atomic mass is 10.1. The standard InChI is InChI=1S/C18H15F3N2O4S/c1-10(16(26)23-17-13(15(22)25)8-9-28-17)27-14(24)7-4-11-2-5-12(6-3-11)18(19,20)21/h2-10H,1H3,(H2,22,25)(H,23,26)/b7-4+. The maximum absolute atomic E-state index is 12.5. The van der Waals surface area contributed by atoms with Crippen molar-refractivity contribution in [3.63, 3.8) is 0 Å². The number of rotatable bonds is 6. The summed E-state index contributed by atoms with van der Waals surface area (Å²) in [7, 11) is 0. The van der Waals surface area contributed by atoms with E-state index in [1.165, 1.54) is 31.2 Å². The maximum Gasteiger partial charge on any atom is 0.416 e. The number of halogens is 3. The van der Waals surface area contributed by atoms with Crippen LogP contribution in [0.5, 0.6) is 0 Å². The lowest BCUT2D eigenvalue weighted by molar-refractivity contribution is -0.148. The molecule has 10 heteroatoms. The van der Waals surface area contributed by atoms with Gasteiger partial charge >= 0.3 is 12.1 Å². The van der Waals surface area contributed by atoms with Gasteiger partial charge in [-0.2, -0.15) is 13.2 Å². The predicted molar refractivity (Wildman–Crippen MR) is 97.5 cm³/mol. The number of anilines is 1. The molecule has 2 aromatic rings. The van der Waals surface area contributed by atoms with E-state index in [0.717, 1.165) is 29.5 Å². The molecule has 0 radical (unpaired) electrons. The number of hydrogen-bond acceptors (Lipinski definition) is 5. The Morgan fingerprint density at radius 1 is 1.18 bits per heavy atom. The first-order valence-corrected chi connectivity index (χ1v) is 8.70. The predicted octanol–water partition coefficient (Wildman–Crippen LogP) is 3.45. The summed E-state index contributed by atoms with van der Waals surface area (Å²) >= 11 is 1.09.